The molecule has 6 heteroatoms. The van der Waals surface area contributed by atoms with E-state index in [0.29, 0.717) is 24.2 Å². The average Bonchev–Trinajstić information content (AvgIpc) is 2.41. The predicted molar refractivity (Wildman–Crippen MR) is 78.9 cm³/mol. The van der Waals surface area contributed by atoms with E-state index < -0.39 is 6.61 Å². The van der Waals surface area contributed by atoms with Gasteiger partial charge in [0.2, 0.25) is 0 Å². The van der Waals surface area contributed by atoms with Crippen LogP contribution in [-0.4, -0.2) is 31.3 Å². The van der Waals surface area contributed by atoms with Crippen LogP contribution in [-0.2, 0) is 6.54 Å². The summed E-state index contributed by atoms with van der Waals surface area (Å²) in [5.41, 5.74) is 0.975. The zero-order valence-corrected chi connectivity index (χ0v) is 12.8. The van der Waals surface area contributed by atoms with Gasteiger partial charge in [-0.25, -0.2) is 0 Å². The molecule has 114 valence electrons. The second-order valence-electron chi connectivity index (χ2n) is 4.27. The van der Waals surface area contributed by atoms with Gasteiger partial charge in [0, 0.05) is 18.3 Å². The maximum Gasteiger partial charge on any atom is 0.387 e. The number of halogens is 2. The Morgan fingerprint density at radius 3 is 2.65 bits per heavy atom. The lowest BCUT2D eigenvalue weighted by atomic mass is 10.2. The van der Waals surface area contributed by atoms with Crippen LogP contribution in [0.5, 0.6) is 11.5 Å². The summed E-state index contributed by atoms with van der Waals surface area (Å²) in [4.78, 5) is 0. The van der Waals surface area contributed by atoms with E-state index in [0.717, 1.165) is 12.1 Å². The number of hydrogen-bond acceptors (Lipinski definition) is 4. The lowest BCUT2D eigenvalue weighted by molar-refractivity contribution is -0.0514. The second-order valence-corrected chi connectivity index (χ2v) is 5.55. The first kappa shape index (κ1) is 17.0. The molecule has 0 bridgehead atoms. The fourth-order valence-corrected chi connectivity index (χ4v) is 1.91. The van der Waals surface area contributed by atoms with Gasteiger partial charge in [-0.05, 0) is 30.9 Å². The van der Waals surface area contributed by atoms with Crippen molar-refractivity contribution in [2.24, 2.45) is 0 Å². The van der Waals surface area contributed by atoms with E-state index in [1.807, 2.05) is 0 Å². The van der Waals surface area contributed by atoms with Gasteiger partial charge in [-0.3, -0.25) is 0 Å². The number of thioether (sulfide) groups is 1. The summed E-state index contributed by atoms with van der Waals surface area (Å²) in [6, 6.07) is 5.02. The van der Waals surface area contributed by atoms with Gasteiger partial charge in [-0.15, -0.1) is 0 Å². The van der Waals surface area contributed by atoms with Crippen LogP contribution in [0.2, 0.25) is 0 Å². The molecular formula is C14H21F2NO2S. The van der Waals surface area contributed by atoms with Crippen LogP contribution in [0.25, 0.3) is 0 Å². The highest BCUT2D eigenvalue weighted by atomic mass is 32.2. The number of nitrogens with one attached hydrogen (secondary N) is 1. The standard InChI is InChI=1S/C14H21F2NO2S/c1-4-18-13-7-11(9-17-8-10(2)20-3)5-6-12(13)19-14(15)16/h5-7,10,14,17H,4,8-9H2,1-3H3. The maximum atomic E-state index is 12.3. The number of ether oxygens (including phenoxy) is 2. The Labute approximate surface area is 123 Å². The highest BCUT2D eigenvalue weighted by Gasteiger charge is 2.11. The molecule has 3 nitrogen and oxygen atoms in total. The minimum Gasteiger partial charge on any atom is -0.490 e. The Kier molecular flexibility index (Phi) is 7.69. The number of alkyl halides is 2. The van der Waals surface area contributed by atoms with E-state index in [9.17, 15) is 8.78 Å². The third-order valence-corrected chi connectivity index (χ3v) is 3.66. The van der Waals surface area contributed by atoms with E-state index in [1.165, 1.54) is 6.07 Å². The van der Waals surface area contributed by atoms with Crippen molar-refractivity contribution in [3.8, 4) is 11.5 Å². The van der Waals surface area contributed by atoms with E-state index in [-0.39, 0.29) is 5.75 Å². The smallest absolute Gasteiger partial charge is 0.387 e. The van der Waals surface area contributed by atoms with Crippen molar-refractivity contribution in [1.29, 1.82) is 0 Å². The Morgan fingerprint density at radius 2 is 2.05 bits per heavy atom. The molecule has 0 saturated carbocycles. The molecule has 0 fully saturated rings. The molecule has 0 aromatic heterocycles. The van der Waals surface area contributed by atoms with Crippen molar-refractivity contribution in [2.45, 2.75) is 32.3 Å². The summed E-state index contributed by atoms with van der Waals surface area (Å²) in [6.45, 7) is 3.06. The van der Waals surface area contributed by atoms with E-state index in [1.54, 1.807) is 30.8 Å². The van der Waals surface area contributed by atoms with E-state index in [2.05, 4.69) is 23.2 Å². The first-order valence-electron chi connectivity index (χ1n) is 6.50. The molecule has 0 amide bonds. The predicted octanol–water partition coefficient (Wildman–Crippen LogP) is 3.53. The highest BCUT2D eigenvalue weighted by Crippen LogP contribution is 2.29. The number of benzene rings is 1. The lowest BCUT2D eigenvalue weighted by Gasteiger charge is -2.14. The summed E-state index contributed by atoms with van der Waals surface area (Å²) in [6.07, 6.45) is 2.07. The number of rotatable bonds is 9. The van der Waals surface area contributed by atoms with Crippen LogP contribution < -0.4 is 14.8 Å². The lowest BCUT2D eigenvalue weighted by Crippen LogP contribution is -2.22. The fourth-order valence-electron chi connectivity index (χ4n) is 1.63. The summed E-state index contributed by atoms with van der Waals surface area (Å²) in [7, 11) is 0. The third kappa shape index (κ3) is 5.96. The summed E-state index contributed by atoms with van der Waals surface area (Å²) >= 11 is 1.79. The largest absolute Gasteiger partial charge is 0.490 e. The fraction of sp³-hybridized carbons (Fsp3) is 0.571. The van der Waals surface area contributed by atoms with Crippen LogP contribution in [0.15, 0.2) is 18.2 Å². The average molecular weight is 305 g/mol. The molecule has 1 aromatic rings. The number of hydrogen-bond donors (Lipinski definition) is 1. The van der Waals surface area contributed by atoms with E-state index in [4.69, 9.17) is 4.74 Å². The topological polar surface area (TPSA) is 30.5 Å². The maximum absolute atomic E-state index is 12.3. The molecule has 1 atom stereocenters. The van der Waals surface area contributed by atoms with Gasteiger partial charge in [-0.1, -0.05) is 13.0 Å². The van der Waals surface area contributed by atoms with Crippen molar-refractivity contribution in [3.63, 3.8) is 0 Å². The van der Waals surface area contributed by atoms with Gasteiger partial charge in [0.1, 0.15) is 0 Å². The van der Waals surface area contributed by atoms with Crippen molar-refractivity contribution in [1.82, 2.24) is 5.32 Å². The van der Waals surface area contributed by atoms with E-state index >= 15 is 0 Å². The van der Waals surface area contributed by atoms with Crippen LogP contribution in [0.1, 0.15) is 19.4 Å². The summed E-state index contributed by atoms with van der Waals surface area (Å²) < 4.78 is 34.3. The van der Waals surface area contributed by atoms with Crippen LogP contribution >= 0.6 is 11.8 Å². The Hall–Kier alpha value is -1.01. The van der Waals surface area contributed by atoms with Gasteiger partial charge in [-0.2, -0.15) is 20.5 Å². The molecule has 0 aliphatic rings. The quantitative estimate of drug-likeness (QED) is 0.756. The van der Waals surface area contributed by atoms with Gasteiger partial charge >= 0.3 is 6.61 Å². The zero-order chi connectivity index (χ0) is 15.0. The van der Waals surface area contributed by atoms with Crippen molar-refractivity contribution in [2.75, 3.05) is 19.4 Å². The third-order valence-electron chi connectivity index (χ3n) is 2.69. The van der Waals surface area contributed by atoms with Crippen LogP contribution in [0.3, 0.4) is 0 Å². The molecule has 1 aromatic carbocycles. The Bertz CT molecular complexity index is 405. The molecular weight excluding hydrogens is 284 g/mol. The van der Waals surface area contributed by atoms with Crippen LogP contribution in [0.4, 0.5) is 8.78 Å². The first-order chi connectivity index (χ1) is 9.56. The van der Waals surface area contributed by atoms with Crippen molar-refractivity contribution >= 4 is 11.8 Å². The molecule has 1 unspecified atom stereocenters. The Balaban J connectivity index is 2.66. The Morgan fingerprint density at radius 1 is 1.30 bits per heavy atom. The van der Waals surface area contributed by atoms with Gasteiger partial charge in [0.15, 0.2) is 11.5 Å². The first-order valence-corrected chi connectivity index (χ1v) is 7.79. The second kappa shape index (κ2) is 9.02. The summed E-state index contributed by atoms with van der Waals surface area (Å²) in [5.74, 6) is 0.424. The zero-order valence-electron chi connectivity index (χ0n) is 12.0. The molecule has 20 heavy (non-hydrogen) atoms. The molecule has 0 radical (unpaired) electrons. The molecule has 0 aliphatic carbocycles. The molecule has 0 saturated heterocycles. The minimum absolute atomic E-state index is 0.0723. The molecule has 1 rings (SSSR count). The molecule has 0 aliphatic heterocycles. The minimum atomic E-state index is -2.85. The van der Waals surface area contributed by atoms with Crippen LogP contribution in [0, 0.1) is 0 Å². The highest BCUT2D eigenvalue weighted by molar-refractivity contribution is 7.99. The van der Waals surface area contributed by atoms with Crippen molar-refractivity contribution < 1.29 is 18.3 Å². The van der Waals surface area contributed by atoms with Gasteiger partial charge < -0.3 is 14.8 Å². The summed E-state index contributed by atoms with van der Waals surface area (Å²) in [5, 5.41) is 3.85. The van der Waals surface area contributed by atoms with Gasteiger partial charge in [0.05, 0.1) is 6.61 Å². The molecule has 0 heterocycles. The normalized spacial score (nSPS) is 12.5. The molecule has 0 spiro atoms. The monoisotopic (exact) mass is 305 g/mol. The molecule has 1 N–H and O–H groups in total. The SMILES string of the molecule is CCOc1cc(CNCC(C)SC)ccc1OC(F)F. The van der Waals surface area contributed by atoms with Gasteiger partial charge in [0.25, 0.3) is 0 Å². The van der Waals surface area contributed by atoms with Crippen molar-refractivity contribution in [3.05, 3.63) is 23.8 Å².